The van der Waals surface area contributed by atoms with Crippen molar-refractivity contribution in [1.29, 1.82) is 5.26 Å². The standard InChI is InChI=1S/C15H18N6/c1-19-15(13-3-2-4-14(13)18-19)10-20-8-12(9-20)21-7-11(5-16)6-17-21/h6-7,12H,2-4,8-10H2,1H3. The molecule has 0 saturated carbocycles. The number of fused-ring (bicyclic) bond motifs is 1. The molecule has 108 valence electrons. The van der Waals surface area contributed by atoms with Crippen molar-refractivity contribution in [2.45, 2.75) is 31.8 Å². The van der Waals surface area contributed by atoms with Crippen molar-refractivity contribution < 1.29 is 0 Å². The summed E-state index contributed by atoms with van der Waals surface area (Å²) >= 11 is 0. The van der Waals surface area contributed by atoms with Gasteiger partial charge in [0.15, 0.2) is 0 Å². The van der Waals surface area contributed by atoms with Gasteiger partial charge >= 0.3 is 0 Å². The van der Waals surface area contributed by atoms with Gasteiger partial charge in [0.25, 0.3) is 0 Å². The van der Waals surface area contributed by atoms with Gasteiger partial charge in [0.05, 0.1) is 29.2 Å². The molecule has 0 unspecified atom stereocenters. The predicted octanol–water partition coefficient (Wildman–Crippen LogP) is 1.03. The van der Waals surface area contributed by atoms with Crippen molar-refractivity contribution in [3.63, 3.8) is 0 Å². The third-order valence-electron chi connectivity index (χ3n) is 4.61. The summed E-state index contributed by atoms with van der Waals surface area (Å²) in [6.45, 7) is 2.96. The van der Waals surface area contributed by atoms with Crippen molar-refractivity contribution in [3.05, 3.63) is 34.9 Å². The third-order valence-corrected chi connectivity index (χ3v) is 4.61. The Balaban J connectivity index is 1.42. The quantitative estimate of drug-likeness (QED) is 0.843. The Bertz CT molecular complexity index is 713. The van der Waals surface area contributed by atoms with Gasteiger partial charge in [-0.25, -0.2) is 0 Å². The topological polar surface area (TPSA) is 62.7 Å². The molecule has 0 spiro atoms. The van der Waals surface area contributed by atoms with Crippen molar-refractivity contribution in [1.82, 2.24) is 24.5 Å². The van der Waals surface area contributed by atoms with Crippen LogP contribution < -0.4 is 0 Å². The highest BCUT2D eigenvalue weighted by Crippen LogP contribution is 2.28. The van der Waals surface area contributed by atoms with E-state index in [0.717, 1.165) is 26.1 Å². The molecule has 1 aliphatic heterocycles. The van der Waals surface area contributed by atoms with Crippen LogP contribution in [0.2, 0.25) is 0 Å². The zero-order chi connectivity index (χ0) is 14.4. The van der Waals surface area contributed by atoms with E-state index >= 15 is 0 Å². The van der Waals surface area contributed by atoms with Crippen LogP contribution in [0.4, 0.5) is 0 Å². The molecule has 0 N–H and O–H groups in total. The summed E-state index contributed by atoms with van der Waals surface area (Å²) < 4.78 is 3.97. The summed E-state index contributed by atoms with van der Waals surface area (Å²) in [5, 5.41) is 17.7. The van der Waals surface area contributed by atoms with Crippen LogP contribution in [0.1, 0.15) is 35.0 Å². The lowest BCUT2D eigenvalue weighted by molar-refractivity contribution is 0.0879. The van der Waals surface area contributed by atoms with Gasteiger partial charge in [-0.3, -0.25) is 14.3 Å². The van der Waals surface area contributed by atoms with E-state index in [1.54, 1.807) is 6.20 Å². The molecule has 6 nitrogen and oxygen atoms in total. The van der Waals surface area contributed by atoms with Gasteiger partial charge in [-0.15, -0.1) is 0 Å². The van der Waals surface area contributed by atoms with Crippen LogP contribution in [0.3, 0.4) is 0 Å². The van der Waals surface area contributed by atoms with Gasteiger partial charge in [-0.1, -0.05) is 0 Å². The molecular formula is C15H18N6. The Labute approximate surface area is 123 Å². The van der Waals surface area contributed by atoms with Gasteiger partial charge in [0.2, 0.25) is 0 Å². The Morgan fingerprint density at radius 1 is 1.38 bits per heavy atom. The maximum Gasteiger partial charge on any atom is 0.102 e. The molecule has 6 heteroatoms. The average molecular weight is 282 g/mol. The lowest BCUT2D eigenvalue weighted by Crippen LogP contribution is -2.47. The fourth-order valence-corrected chi connectivity index (χ4v) is 3.43. The number of likely N-dealkylation sites (tertiary alicyclic amines) is 1. The molecular weight excluding hydrogens is 264 g/mol. The first-order valence-corrected chi connectivity index (χ1v) is 7.45. The number of nitriles is 1. The van der Waals surface area contributed by atoms with Crippen molar-refractivity contribution in [3.8, 4) is 6.07 Å². The molecule has 0 atom stereocenters. The van der Waals surface area contributed by atoms with E-state index in [9.17, 15) is 0 Å². The predicted molar refractivity (Wildman–Crippen MR) is 76.5 cm³/mol. The van der Waals surface area contributed by atoms with Crippen LogP contribution in [0.15, 0.2) is 12.4 Å². The van der Waals surface area contributed by atoms with E-state index in [2.05, 4.69) is 32.9 Å². The Kier molecular flexibility index (Phi) is 2.82. The summed E-state index contributed by atoms with van der Waals surface area (Å²) in [7, 11) is 2.05. The molecule has 0 radical (unpaired) electrons. The maximum atomic E-state index is 8.84. The van der Waals surface area contributed by atoms with Gasteiger partial charge in [-0.2, -0.15) is 15.5 Å². The molecule has 0 aromatic carbocycles. The summed E-state index contributed by atoms with van der Waals surface area (Å²) in [6, 6.07) is 2.52. The van der Waals surface area contributed by atoms with Gasteiger partial charge in [0, 0.05) is 32.9 Å². The molecule has 21 heavy (non-hydrogen) atoms. The van der Waals surface area contributed by atoms with Crippen LogP contribution >= 0.6 is 0 Å². The fraction of sp³-hybridized carbons (Fsp3) is 0.533. The molecule has 4 rings (SSSR count). The van der Waals surface area contributed by atoms with E-state index in [4.69, 9.17) is 5.26 Å². The number of nitrogens with zero attached hydrogens (tertiary/aromatic N) is 6. The van der Waals surface area contributed by atoms with Gasteiger partial charge in [-0.05, 0) is 24.8 Å². The van der Waals surface area contributed by atoms with E-state index in [1.165, 1.54) is 29.8 Å². The zero-order valence-corrected chi connectivity index (χ0v) is 12.2. The number of hydrogen-bond acceptors (Lipinski definition) is 4. The van der Waals surface area contributed by atoms with Crippen LogP contribution in [-0.2, 0) is 26.4 Å². The number of hydrogen-bond donors (Lipinski definition) is 0. The van der Waals surface area contributed by atoms with Crippen molar-refractivity contribution >= 4 is 0 Å². The minimum atomic E-state index is 0.397. The second-order valence-corrected chi connectivity index (χ2v) is 6.02. The normalized spacial score (nSPS) is 18.5. The molecule has 1 aliphatic carbocycles. The lowest BCUT2D eigenvalue weighted by atomic mass is 10.1. The van der Waals surface area contributed by atoms with E-state index in [-0.39, 0.29) is 0 Å². The Morgan fingerprint density at radius 3 is 3.00 bits per heavy atom. The molecule has 1 saturated heterocycles. The highest BCUT2D eigenvalue weighted by atomic mass is 15.4. The monoisotopic (exact) mass is 282 g/mol. The smallest absolute Gasteiger partial charge is 0.102 e. The average Bonchev–Trinajstić information content (AvgIpc) is 3.10. The van der Waals surface area contributed by atoms with E-state index in [0.29, 0.717) is 11.6 Å². The molecule has 0 amide bonds. The first kappa shape index (κ1) is 12.6. The first-order chi connectivity index (χ1) is 10.2. The highest BCUT2D eigenvalue weighted by Gasteiger charge is 2.31. The van der Waals surface area contributed by atoms with Gasteiger partial charge in [0.1, 0.15) is 6.07 Å². The third kappa shape index (κ3) is 2.05. The Morgan fingerprint density at radius 2 is 2.24 bits per heavy atom. The minimum absolute atomic E-state index is 0.397. The van der Waals surface area contributed by atoms with Gasteiger partial charge < -0.3 is 0 Å². The minimum Gasteiger partial charge on any atom is -0.293 e. The number of rotatable bonds is 3. The van der Waals surface area contributed by atoms with E-state index in [1.807, 2.05) is 10.9 Å². The summed E-state index contributed by atoms with van der Waals surface area (Å²) in [5.41, 5.74) is 4.79. The number of aryl methyl sites for hydroxylation is 2. The summed E-state index contributed by atoms with van der Waals surface area (Å²) in [6.07, 6.45) is 7.04. The molecule has 0 bridgehead atoms. The largest absolute Gasteiger partial charge is 0.293 e. The molecule has 3 heterocycles. The van der Waals surface area contributed by atoms with Crippen LogP contribution in [0.5, 0.6) is 0 Å². The molecule has 1 fully saturated rings. The lowest BCUT2D eigenvalue weighted by Gasteiger charge is -2.39. The Hall–Kier alpha value is -2.13. The summed E-state index contributed by atoms with van der Waals surface area (Å²) in [4.78, 5) is 2.42. The maximum absolute atomic E-state index is 8.84. The SMILES string of the molecule is Cn1nc2c(c1CN1CC(n3cc(C#N)cn3)C1)CCC2. The second kappa shape index (κ2) is 4.71. The van der Waals surface area contributed by atoms with Crippen molar-refractivity contribution in [2.24, 2.45) is 7.05 Å². The van der Waals surface area contributed by atoms with Crippen molar-refractivity contribution in [2.75, 3.05) is 13.1 Å². The molecule has 2 aliphatic rings. The zero-order valence-electron chi connectivity index (χ0n) is 12.2. The van der Waals surface area contributed by atoms with E-state index < -0.39 is 0 Å². The van der Waals surface area contributed by atoms with Crippen LogP contribution in [0, 0.1) is 11.3 Å². The van der Waals surface area contributed by atoms with Crippen LogP contribution in [-0.4, -0.2) is 37.6 Å². The molecule has 2 aromatic heterocycles. The first-order valence-electron chi connectivity index (χ1n) is 7.45. The summed E-state index contributed by atoms with van der Waals surface area (Å²) in [5.74, 6) is 0. The number of aromatic nitrogens is 4. The fourth-order valence-electron chi connectivity index (χ4n) is 3.43. The molecule has 2 aromatic rings. The second-order valence-electron chi connectivity index (χ2n) is 6.02. The highest BCUT2D eigenvalue weighted by molar-refractivity contribution is 5.30. The van der Waals surface area contributed by atoms with Crippen LogP contribution in [0.25, 0.3) is 0 Å².